The number of carbonyl (C=O) groups is 2. The lowest BCUT2D eigenvalue weighted by atomic mass is 10.0. The molecule has 29 heavy (non-hydrogen) atoms. The molecule has 5 heteroatoms. The van der Waals surface area contributed by atoms with Crippen LogP contribution in [-0.2, 0) is 6.54 Å². The zero-order valence-corrected chi connectivity index (χ0v) is 15.4. The lowest BCUT2D eigenvalue weighted by Crippen LogP contribution is -2.19. The number of carboxylic acid groups (broad SMARTS) is 1. The molecule has 3 aromatic carbocycles. The van der Waals surface area contributed by atoms with Crippen LogP contribution in [0.3, 0.4) is 0 Å². The third-order valence-electron chi connectivity index (χ3n) is 4.82. The van der Waals surface area contributed by atoms with Gasteiger partial charge in [0.1, 0.15) is 5.56 Å². The van der Waals surface area contributed by atoms with Crippen molar-refractivity contribution in [2.24, 2.45) is 0 Å². The van der Waals surface area contributed by atoms with E-state index in [2.05, 4.69) is 0 Å². The van der Waals surface area contributed by atoms with E-state index in [1.54, 1.807) is 53.1 Å². The summed E-state index contributed by atoms with van der Waals surface area (Å²) in [5.74, 6) is -1.31. The van der Waals surface area contributed by atoms with Gasteiger partial charge in [0.25, 0.3) is 0 Å². The summed E-state index contributed by atoms with van der Waals surface area (Å²) in [5.41, 5.74) is 1.99. The van der Waals surface area contributed by atoms with Crippen molar-refractivity contribution in [2.75, 3.05) is 0 Å². The van der Waals surface area contributed by atoms with Crippen LogP contribution in [0.4, 0.5) is 0 Å². The Hall–Kier alpha value is -3.99. The number of aromatic nitrogens is 1. The fraction of sp³-hybridized carbons (Fsp3) is 0.0417. The molecule has 4 aromatic rings. The first-order valence-electron chi connectivity index (χ1n) is 9.09. The number of carbonyl (C=O) groups excluding carboxylic acids is 1. The summed E-state index contributed by atoms with van der Waals surface area (Å²) in [7, 11) is 0. The number of fused-ring (bicyclic) bond motifs is 1. The van der Waals surface area contributed by atoms with Gasteiger partial charge < -0.3 is 9.67 Å². The summed E-state index contributed by atoms with van der Waals surface area (Å²) in [6.07, 6.45) is 1.37. The average Bonchev–Trinajstić information content (AvgIpc) is 2.76. The van der Waals surface area contributed by atoms with E-state index in [0.29, 0.717) is 28.6 Å². The molecule has 0 bridgehead atoms. The van der Waals surface area contributed by atoms with Crippen LogP contribution in [0.5, 0.6) is 0 Å². The highest BCUT2D eigenvalue weighted by atomic mass is 16.4. The van der Waals surface area contributed by atoms with E-state index in [0.717, 1.165) is 5.56 Å². The number of nitrogens with zero attached hydrogens (tertiary/aromatic N) is 1. The van der Waals surface area contributed by atoms with Gasteiger partial charge in [0.15, 0.2) is 5.78 Å². The van der Waals surface area contributed by atoms with Gasteiger partial charge >= 0.3 is 5.97 Å². The number of para-hydroxylation sites is 1. The molecule has 0 atom stereocenters. The molecule has 1 N–H and O–H groups in total. The molecule has 0 radical (unpaired) electrons. The minimum Gasteiger partial charge on any atom is -0.477 e. The number of benzene rings is 3. The maximum Gasteiger partial charge on any atom is 0.341 e. The Labute approximate surface area is 166 Å². The van der Waals surface area contributed by atoms with Crippen molar-refractivity contribution in [3.8, 4) is 0 Å². The van der Waals surface area contributed by atoms with Crippen LogP contribution in [0, 0.1) is 0 Å². The third-order valence-corrected chi connectivity index (χ3v) is 4.82. The van der Waals surface area contributed by atoms with Gasteiger partial charge in [-0.1, -0.05) is 66.7 Å². The number of ketones is 1. The molecule has 5 nitrogen and oxygen atoms in total. The smallest absolute Gasteiger partial charge is 0.341 e. The van der Waals surface area contributed by atoms with Gasteiger partial charge in [0.05, 0.1) is 5.52 Å². The molecular formula is C24H17NO4. The van der Waals surface area contributed by atoms with Gasteiger partial charge in [-0.05, 0) is 17.7 Å². The quantitative estimate of drug-likeness (QED) is 0.529. The Kier molecular flexibility index (Phi) is 4.79. The van der Waals surface area contributed by atoms with E-state index in [9.17, 15) is 19.5 Å². The largest absolute Gasteiger partial charge is 0.477 e. The molecule has 4 rings (SSSR count). The number of aromatic carboxylic acids is 1. The number of pyridine rings is 1. The van der Waals surface area contributed by atoms with Crippen LogP contribution < -0.4 is 5.43 Å². The molecule has 0 amide bonds. The lowest BCUT2D eigenvalue weighted by Gasteiger charge is -2.13. The van der Waals surface area contributed by atoms with Crippen molar-refractivity contribution in [2.45, 2.75) is 6.54 Å². The van der Waals surface area contributed by atoms with Crippen LogP contribution in [0.25, 0.3) is 10.9 Å². The first-order valence-corrected chi connectivity index (χ1v) is 9.09. The van der Waals surface area contributed by atoms with Crippen molar-refractivity contribution in [1.82, 2.24) is 4.57 Å². The second-order valence-electron chi connectivity index (χ2n) is 6.71. The molecule has 1 heterocycles. The number of carboxylic acids is 1. The SMILES string of the molecule is O=C(c1ccccc1)c1ccc(Cn2cc(C(=O)O)c(=O)c3ccccc32)cc1. The minimum atomic E-state index is -1.25. The van der Waals surface area contributed by atoms with Gasteiger partial charge in [-0.25, -0.2) is 4.79 Å². The molecule has 0 unspecified atom stereocenters. The topological polar surface area (TPSA) is 76.4 Å². The Balaban J connectivity index is 1.69. The van der Waals surface area contributed by atoms with E-state index in [1.807, 2.05) is 30.3 Å². The molecule has 0 spiro atoms. The van der Waals surface area contributed by atoms with Crippen molar-refractivity contribution in [3.63, 3.8) is 0 Å². The molecule has 0 aliphatic rings. The first kappa shape index (κ1) is 18.4. The summed E-state index contributed by atoms with van der Waals surface area (Å²) in [5, 5.41) is 9.73. The second-order valence-corrected chi connectivity index (χ2v) is 6.71. The Morgan fingerprint density at radius 1 is 0.793 bits per heavy atom. The van der Waals surface area contributed by atoms with Crippen LogP contribution in [0.2, 0.25) is 0 Å². The molecule has 0 saturated carbocycles. The summed E-state index contributed by atoms with van der Waals surface area (Å²) >= 11 is 0. The van der Waals surface area contributed by atoms with Gasteiger partial charge in [0, 0.05) is 29.3 Å². The zero-order chi connectivity index (χ0) is 20.4. The molecule has 1 aromatic heterocycles. The predicted molar refractivity (Wildman–Crippen MR) is 111 cm³/mol. The van der Waals surface area contributed by atoms with Crippen LogP contribution in [0.1, 0.15) is 31.8 Å². The van der Waals surface area contributed by atoms with Crippen LogP contribution >= 0.6 is 0 Å². The summed E-state index contributed by atoms with van der Waals surface area (Å²) in [6.45, 7) is 0.376. The van der Waals surface area contributed by atoms with Gasteiger partial charge in [-0.3, -0.25) is 9.59 Å². The zero-order valence-electron chi connectivity index (χ0n) is 15.4. The Morgan fingerprint density at radius 2 is 1.41 bits per heavy atom. The monoisotopic (exact) mass is 383 g/mol. The standard InChI is InChI=1S/C24H17NO4/c26-22(17-6-2-1-3-7-17)18-12-10-16(11-13-18)14-25-15-20(24(28)29)23(27)19-8-4-5-9-21(19)25/h1-13,15H,14H2,(H,28,29). The fourth-order valence-corrected chi connectivity index (χ4v) is 3.34. The van der Waals surface area contributed by atoms with Gasteiger partial charge in [-0.2, -0.15) is 0 Å². The molecule has 142 valence electrons. The van der Waals surface area contributed by atoms with E-state index in [1.165, 1.54) is 6.20 Å². The highest BCUT2D eigenvalue weighted by Crippen LogP contribution is 2.16. The minimum absolute atomic E-state index is 0.0564. The van der Waals surface area contributed by atoms with Crippen molar-refractivity contribution in [1.29, 1.82) is 0 Å². The fourth-order valence-electron chi connectivity index (χ4n) is 3.34. The maximum absolute atomic E-state index is 12.5. The highest BCUT2D eigenvalue weighted by molar-refractivity contribution is 6.08. The van der Waals surface area contributed by atoms with Crippen LogP contribution in [-0.4, -0.2) is 21.4 Å². The van der Waals surface area contributed by atoms with Crippen molar-refractivity contribution >= 4 is 22.7 Å². The number of hydrogen-bond acceptors (Lipinski definition) is 3. The van der Waals surface area contributed by atoms with Crippen molar-refractivity contribution < 1.29 is 14.7 Å². The second kappa shape index (κ2) is 7.56. The van der Waals surface area contributed by atoms with Crippen LogP contribution in [0.15, 0.2) is 89.9 Å². The summed E-state index contributed by atoms with van der Waals surface area (Å²) in [4.78, 5) is 36.4. The highest BCUT2D eigenvalue weighted by Gasteiger charge is 2.14. The summed E-state index contributed by atoms with van der Waals surface area (Å²) in [6, 6.07) is 23.2. The molecule has 0 fully saturated rings. The number of rotatable bonds is 5. The number of hydrogen-bond donors (Lipinski definition) is 1. The molecular weight excluding hydrogens is 366 g/mol. The molecule has 0 aliphatic carbocycles. The third kappa shape index (κ3) is 3.58. The summed E-state index contributed by atoms with van der Waals surface area (Å²) < 4.78 is 1.74. The van der Waals surface area contributed by atoms with E-state index >= 15 is 0 Å². The van der Waals surface area contributed by atoms with Gasteiger partial charge in [0.2, 0.25) is 5.43 Å². The van der Waals surface area contributed by atoms with Gasteiger partial charge in [-0.15, -0.1) is 0 Å². The molecule has 0 aliphatic heterocycles. The first-order chi connectivity index (χ1) is 14.0. The molecule has 0 saturated heterocycles. The van der Waals surface area contributed by atoms with E-state index in [-0.39, 0.29) is 11.3 Å². The Morgan fingerprint density at radius 3 is 2.10 bits per heavy atom. The Bertz CT molecular complexity index is 1270. The van der Waals surface area contributed by atoms with Crippen molar-refractivity contribution in [3.05, 3.63) is 118 Å². The lowest BCUT2D eigenvalue weighted by molar-refractivity contribution is 0.0694. The normalized spacial score (nSPS) is 10.8. The average molecular weight is 383 g/mol. The van der Waals surface area contributed by atoms with E-state index < -0.39 is 11.4 Å². The maximum atomic E-state index is 12.5. The van der Waals surface area contributed by atoms with E-state index in [4.69, 9.17) is 0 Å². The predicted octanol–water partition coefficient (Wildman–Crippen LogP) is 3.98.